The number of hydrogen-bond donors (Lipinski definition) is 2. The average molecular weight is 234 g/mol. The zero-order valence-electron chi connectivity index (χ0n) is 11.3. The van der Waals surface area contributed by atoms with Crippen LogP contribution in [0.1, 0.15) is 39.2 Å². The summed E-state index contributed by atoms with van der Waals surface area (Å²) in [4.78, 5) is 11.2. The molecule has 94 valence electrons. The van der Waals surface area contributed by atoms with Gasteiger partial charge in [-0.05, 0) is 29.0 Å². The highest BCUT2D eigenvalue weighted by Crippen LogP contribution is 2.35. The van der Waals surface area contributed by atoms with Crippen molar-refractivity contribution in [2.24, 2.45) is 5.41 Å². The van der Waals surface area contributed by atoms with Crippen molar-refractivity contribution < 1.29 is 4.79 Å². The molecular weight excluding hydrogens is 212 g/mol. The van der Waals surface area contributed by atoms with Crippen molar-refractivity contribution >= 4 is 11.7 Å². The quantitative estimate of drug-likeness (QED) is 0.806. The van der Waals surface area contributed by atoms with Gasteiger partial charge in [-0.1, -0.05) is 39.8 Å². The van der Waals surface area contributed by atoms with E-state index in [1.165, 1.54) is 5.56 Å². The van der Waals surface area contributed by atoms with Crippen molar-refractivity contribution in [3.8, 4) is 0 Å². The summed E-state index contributed by atoms with van der Waals surface area (Å²) in [5, 5.41) is 5.33. The van der Waals surface area contributed by atoms with Gasteiger partial charge in [0.1, 0.15) is 0 Å². The largest absolute Gasteiger partial charge is 0.341 e. The van der Waals surface area contributed by atoms with Crippen LogP contribution in [0.3, 0.4) is 0 Å². The van der Waals surface area contributed by atoms with Gasteiger partial charge in [0.15, 0.2) is 0 Å². The topological polar surface area (TPSA) is 41.1 Å². The van der Waals surface area contributed by atoms with Gasteiger partial charge in [0.25, 0.3) is 0 Å². The van der Waals surface area contributed by atoms with Gasteiger partial charge in [-0.2, -0.15) is 0 Å². The van der Waals surface area contributed by atoms with Gasteiger partial charge in [-0.15, -0.1) is 0 Å². The Bertz CT molecular complexity index is 393. The lowest BCUT2D eigenvalue weighted by molar-refractivity contribution is 0.254. The lowest BCUT2D eigenvalue weighted by atomic mass is 9.78. The average Bonchev–Trinajstić information content (AvgIpc) is 2.27. The van der Waals surface area contributed by atoms with Crippen LogP contribution in [0.4, 0.5) is 10.5 Å². The standard InChI is InChI=1S/C14H22N2O/c1-10(14(2,3)4)11-7-6-8-12(9-11)16-13(17)15-5/h6-10H,1-5H3,(H2,15,16,17). The van der Waals surface area contributed by atoms with Crippen molar-refractivity contribution in [3.63, 3.8) is 0 Å². The minimum atomic E-state index is -0.189. The molecule has 0 heterocycles. The van der Waals surface area contributed by atoms with Crippen LogP contribution in [0.15, 0.2) is 24.3 Å². The van der Waals surface area contributed by atoms with E-state index in [2.05, 4.69) is 44.4 Å². The third-order valence-corrected chi connectivity index (χ3v) is 3.17. The Hall–Kier alpha value is -1.51. The normalized spacial score (nSPS) is 13.0. The van der Waals surface area contributed by atoms with E-state index >= 15 is 0 Å². The first-order chi connectivity index (χ1) is 7.84. The molecule has 0 radical (unpaired) electrons. The van der Waals surface area contributed by atoms with Gasteiger partial charge >= 0.3 is 6.03 Å². The summed E-state index contributed by atoms with van der Waals surface area (Å²) >= 11 is 0. The minimum Gasteiger partial charge on any atom is -0.341 e. The Morgan fingerprint density at radius 1 is 1.29 bits per heavy atom. The molecule has 0 aliphatic rings. The molecule has 1 aromatic carbocycles. The van der Waals surface area contributed by atoms with E-state index in [1.807, 2.05) is 18.2 Å². The van der Waals surface area contributed by atoms with Crippen LogP contribution in [-0.2, 0) is 0 Å². The van der Waals surface area contributed by atoms with Crippen LogP contribution in [-0.4, -0.2) is 13.1 Å². The van der Waals surface area contributed by atoms with Gasteiger partial charge < -0.3 is 10.6 Å². The summed E-state index contributed by atoms with van der Waals surface area (Å²) in [6.45, 7) is 8.86. The highest BCUT2D eigenvalue weighted by molar-refractivity contribution is 5.89. The zero-order chi connectivity index (χ0) is 13.1. The maximum absolute atomic E-state index is 11.2. The number of hydrogen-bond acceptors (Lipinski definition) is 1. The second-order valence-corrected chi connectivity index (χ2v) is 5.42. The fourth-order valence-electron chi connectivity index (χ4n) is 1.58. The molecule has 0 aromatic heterocycles. The van der Waals surface area contributed by atoms with E-state index in [-0.39, 0.29) is 11.4 Å². The first kappa shape index (κ1) is 13.6. The first-order valence-corrected chi connectivity index (χ1v) is 5.93. The second kappa shape index (κ2) is 5.21. The summed E-state index contributed by atoms with van der Waals surface area (Å²) < 4.78 is 0. The third-order valence-electron chi connectivity index (χ3n) is 3.17. The molecule has 0 aliphatic carbocycles. The van der Waals surface area contributed by atoms with Crippen molar-refractivity contribution in [1.82, 2.24) is 5.32 Å². The Kier molecular flexibility index (Phi) is 4.16. The number of urea groups is 1. The van der Waals surface area contributed by atoms with Crippen molar-refractivity contribution in [3.05, 3.63) is 29.8 Å². The highest BCUT2D eigenvalue weighted by Gasteiger charge is 2.21. The van der Waals surface area contributed by atoms with Gasteiger partial charge in [0, 0.05) is 12.7 Å². The molecule has 1 rings (SSSR count). The smallest absolute Gasteiger partial charge is 0.318 e. The maximum atomic E-state index is 11.2. The Morgan fingerprint density at radius 3 is 2.47 bits per heavy atom. The monoisotopic (exact) mass is 234 g/mol. The van der Waals surface area contributed by atoms with Crippen LogP contribution in [0.2, 0.25) is 0 Å². The summed E-state index contributed by atoms with van der Waals surface area (Å²) in [6, 6.07) is 7.82. The minimum absolute atomic E-state index is 0.189. The predicted octanol–water partition coefficient (Wildman–Crippen LogP) is 3.59. The number of anilines is 1. The molecule has 0 saturated carbocycles. The molecule has 2 amide bonds. The van der Waals surface area contributed by atoms with Crippen LogP contribution in [0.5, 0.6) is 0 Å². The van der Waals surface area contributed by atoms with Gasteiger partial charge in [-0.25, -0.2) is 4.79 Å². The molecule has 0 aliphatic heterocycles. The lowest BCUT2D eigenvalue weighted by Gasteiger charge is -2.28. The molecule has 1 atom stereocenters. The van der Waals surface area contributed by atoms with Crippen molar-refractivity contribution in [2.75, 3.05) is 12.4 Å². The van der Waals surface area contributed by atoms with Crippen molar-refractivity contribution in [2.45, 2.75) is 33.6 Å². The number of benzene rings is 1. The van der Waals surface area contributed by atoms with E-state index in [9.17, 15) is 4.79 Å². The fraction of sp³-hybridized carbons (Fsp3) is 0.500. The predicted molar refractivity (Wildman–Crippen MR) is 72.4 cm³/mol. The SMILES string of the molecule is CNC(=O)Nc1cccc(C(C)C(C)(C)C)c1. The number of carbonyl (C=O) groups excluding carboxylic acids is 1. The van der Waals surface area contributed by atoms with Crippen molar-refractivity contribution in [1.29, 1.82) is 0 Å². The molecule has 0 bridgehead atoms. The van der Waals surface area contributed by atoms with Gasteiger partial charge in [0.05, 0.1) is 0 Å². The summed E-state index contributed by atoms with van der Waals surface area (Å²) in [6.07, 6.45) is 0. The van der Waals surface area contributed by atoms with E-state index in [1.54, 1.807) is 7.05 Å². The molecule has 1 unspecified atom stereocenters. The van der Waals surface area contributed by atoms with E-state index in [0.29, 0.717) is 5.92 Å². The summed E-state index contributed by atoms with van der Waals surface area (Å²) in [7, 11) is 1.61. The summed E-state index contributed by atoms with van der Waals surface area (Å²) in [5.74, 6) is 0.439. The highest BCUT2D eigenvalue weighted by atomic mass is 16.2. The summed E-state index contributed by atoms with van der Waals surface area (Å²) in [5.41, 5.74) is 2.29. The van der Waals surface area contributed by atoms with Crippen LogP contribution >= 0.6 is 0 Å². The maximum Gasteiger partial charge on any atom is 0.318 e. The number of rotatable bonds is 2. The Balaban J connectivity index is 2.89. The number of amides is 2. The fourth-order valence-corrected chi connectivity index (χ4v) is 1.58. The van der Waals surface area contributed by atoms with Crippen LogP contribution < -0.4 is 10.6 Å². The first-order valence-electron chi connectivity index (χ1n) is 5.93. The van der Waals surface area contributed by atoms with Gasteiger partial charge in [0.2, 0.25) is 0 Å². The van der Waals surface area contributed by atoms with Crippen LogP contribution in [0, 0.1) is 5.41 Å². The number of nitrogens with one attached hydrogen (secondary N) is 2. The van der Waals surface area contributed by atoms with E-state index in [4.69, 9.17) is 0 Å². The van der Waals surface area contributed by atoms with Gasteiger partial charge in [-0.3, -0.25) is 0 Å². The molecular formula is C14H22N2O. The molecule has 3 heteroatoms. The molecule has 2 N–H and O–H groups in total. The molecule has 1 aromatic rings. The second-order valence-electron chi connectivity index (χ2n) is 5.42. The van der Waals surface area contributed by atoms with Crippen LogP contribution in [0.25, 0.3) is 0 Å². The van der Waals surface area contributed by atoms with E-state index < -0.39 is 0 Å². The molecule has 3 nitrogen and oxygen atoms in total. The lowest BCUT2D eigenvalue weighted by Crippen LogP contribution is -2.24. The van der Waals surface area contributed by atoms with E-state index in [0.717, 1.165) is 5.69 Å². The number of carbonyl (C=O) groups is 1. The Morgan fingerprint density at radius 2 is 1.94 bits per heavy atom. The molecule has 0 fully saturated rings. The Labute approximate surface area is 104 Å². The zero-order valence-corrected chi connectivity index (χ0v) is 11.3. The molecule has 0 spiro atoms. The molecule has 0 saturated heterocycles. The third kappa shape index (κ3) is 3.77. The molecule has 17 heavy (non-hydrogen) atoms.